The largest absolute Gasteiger partial charge is 0.328 e. The van der Waals surface area contributed by atoms with Crippen molar-refractivity contribution in [3.05, 3.63) is 39.3 Å². The molecule has 0 N–H and O–H groups in total. The first-order valence-corrected chi connectivity index (χ1v) is 5.13. The first kappa shape index (κ1) is 11.2. The number of amidine groups is 1. The van der Waals surface area contributed by atoms with Gasteiger partial charge in [-0.05, 0) is 12.5 Å². The molecule has 7 heteroatoms. The normalized spacial score (nSPS) is 17.4. The molecule has 7 nitrogen and oxygen atoms in total. The first-order chi connectivity index (χ1) is 8.22. The van der Waals surface area contributed by atoms with Gasteiger partial charge < -0.3 is 4.90 Å². The van der Waals surface area contributed by atoms with Gasteiger partial charge in [0.1, 0.15) is 5.84 Å². The van der Waals surface area contributed by atoms with Crippen molar-refractivity contribution in [1.82, 2.24) is 0 Å². The lowest BCUT2D eigenvalue weighted by molar-refractivity contribution is -0.384. The van der Waals surface area contributed by atoms with Crippen LogP contribution in [0, 0.1) is 15.0 Å². The zero-order valence-electron chi connectivity index (χ0n) is 8.94. The van der Waals surface area contributed by atoms with Gasteiger partial charge in [-0.1, -0.05) is 11.2 Å². The highest BCUT2D eigenvalue weighted by atomic mass is 16.6. The zero-order chi connectivity index (χ0) is 12.3. The third-order valence-corrected chi connectivity index (χ3v) is 2.60. The van der Waals surface area contributed by atoms with E-state index in [-0.39, 0.29) is 5.69 Å². The number of hydrogen-bond acceptors (Lipinski definition) is 4. The molecular weight excluding hydrogens is 224 g/mol. The maximum Gasteiger partial charge on any atom is 0.271 e. The zero-order valence-corrected chi connectivity index (χ0v) is 8.94. The van der Waals surface area contributed by atoms with E-state index in [0.29, 0.717) is 24.5 Å². The summed E-state index contributed by atoms with van der Waals surface area (Å²) in [6.07, 6.45) is 1.52. The molecule has 1 aliphatic heterocycles. The van der Waals surface area contributed by atoms with Gasteiger partial charge in [0.15, 0.2) is 0 Å². The molecule has 0 radical (unpaired) electrons. The summed E-state index contributed by atoms with van der Waals surface area (Å²) >= 11 is 0. The molecule has 0 amide bonds. The third-order valence-electron chi connectivity index (χ3n) is 2.60. The molecular formula is C10H10N4O3. The molecule has 1 heterocycles. The van der Waals surface area contributed by atoms with Crippen LogP contribution in [0.4, 0.5) is 11.4 Å². The van der Waals surface area contributed by atoms with Gasteiger partial charge in [-0.25, -0.2) is 0 Å². The standard InChI is InChI=1S/C10H10N4O3/c15-12-11-10-5-2-6-13(10)8-3-1-4-9(7-8)14(16)17/h1,3-4,7H,2,5-6H2/b11-10+. The quantitative estimate of drug-likeness (QED) is 0.456. The minimum Gasteiger partial charge on any atom is -0.328 e. The summed E-state index contributed by atoms with van der Waals surface area (Å²) in [6, 6.07) is 6.25. The van der Waals surface area contributed by atoms with E-state index in [2.05, 4.69) is 10.4 Å². The van der Waals surface area contributed by atoms with E-state index < -0.39 is 4.92 Å². The summed E-state index contributed by atoms with van der Waals surface area (Å²) in [6.45, 7) is 0.690. The number of rotatable bonds is 3. The number of benzene rings is 1. The lowest BCUT2D eigenvalue weighted by atomic mass is 10.2. The molecule has 0 saturated carbocycles. The summed E-state index contributed by atoms with van der Waals surface area (Å²) < 4.78 is 0. The predicted molar refractivity (Wildman–Crippen MR) is 62.9 cm³/mol. The smallest absolute Gasteiger partial charge is 0.271 e. The van der Waals surface area contributed by atoms with E-state index in [4.69, 9.17) is 0 Å². The van der Waals surface area contributed by atoms with Gasteiger partial charge in [0.05, 0.1) is 10.2 Å². The molecule has 17 heavy (non-hydrogen) atoms. The van der Waals surface area contributed by atoms with Crippen molar-refractivity contribution in [1.29, 1.82) is 0 Å². The van der Waals surface area contributed by atoms with Gasteiger partial charge in [-0.2, -0.15) is 0 Å². The molecule has 2 rings (SSSR count). The van der Waals surface area contributed by atoms with Gasteiger partial charge in [0.2, 0.25) is 0 Å². The van der Waals surface area contributed by atoms with Crippen LogP contribution in [0.25, 0.3) is 0 Å². The van der Waals surface area contributed by atoms with Crippen molar-refractivity contribution in [2.75, 3.05) is 11.4 Å². The number of nitro benzene ring substituents is 1. The van der Waals surface area contributed by atoms with Crippen LogP contribution >= 0.6 is 0 Å². The molecule has 0 aromatic heterocycles. The van der Waals surface area contributed by atoms with Crippen molar-refractivity contribution in [3.63, 3.8) is 0 Å². The molecule has 1 aromatic carbocycles. The maximum atomic E-state index is 10.7. The number of hydrogen-bond donors (Lipinski definition) is 0. The number of nitroso groups, excluding NO2 is 1. The van der Waals surface area contributed by atoms with E-state index in [1.165, 1.54) is 12.1 Å². The van der Waals surface area contributed by atoms with Gasteiger partial charge in [0.25, 0.3) is 5.69 Å². The highest BCUT2D eigenvalue weighted by Crippen LogP contribution is 2.25. The van der Waals surface area contributed by atoms with E-state index in [1.54, 1.807) is 17.0 Å². The highest BCUT2D eigenvalue weighted by molar-refractivity contribution is 5.99. The fourth-order valence-electron chi connectivity index (χ4n) is 1.86. The number of non-ortho nitro benzene ring substituents is 1. The molecule has 1 aliphatic rings. The van der Waals surface area contributed by atoms with Crippen molar-refractivity contribution >= 4 is 17.2 Å². The third kappa shape index (κ3) is 2.27. The number of nitro groups is 1. The maximum absolute atomic E-state index is 10.7. The van der Waals surface area contributed by atoms with Gasteiger partial charge >= 0.3 is 0 Å². The Kier molecular flexibility index (Phi) is 3.08. The lowest BCUT2D eigenvalue weighted by Crippen LogP contribution is -2.23. The second-order valence-corrected chi connectivity index (χ2v) is 3.63. The second-order valence-electron chi connectivity index (χ2n) is 3.63. The monoisotopic (exact) mass is 234 g/mol. The Morgan fingerprint density at radius 1 is 1.41 bits per heavy atom. The average Bonchev–Trinajstić information content (AvgIpc) is 2.78. The van der Waals surface area contributed by atoms with Crippen LogP contribution in [-0.2, 0) is 0 Å². The summed E-state index contributed by atoms with van der Waals surface area (Å²) in [4.78, 5) is 22.1. The summed E-state index contributed by atoms with van der Waals surface area (Å²) in [7, 11) is 0. The Morgan fingerprint density at radius 2 is 2.24 bits per heavy atom. The molecule has 0 unspecified atom stereocenters. The van der Waals surface area contributed by atoms with Gasteiger partial charge in [-0.3, -0.25) is 10.1 Å². The van der Waals surface area contributed by atoms with E-state index in [9.17, 15) is 15.0 Å². The SMILES string of the molecule is O=N/N=C1\CCCN1c1cccc([N+](=O)[O-])c1. The minimum atomic E-state index is -0.450. The predicted octanol–water partition coefficient (Wildman–Crippen LogP) is 2.27. The van der Waals surface area contributed by atoms with E-state index in [0.717, 1.165) is 6.42 Å². The van der Waals surface area contributed by atoms with Crippen LogP contribution in [-0.4, -0.2) is 17.3 Å². The molecule has 0 aliphatic carbocycles. The molecule has 0 atom stereocenters. The fourth-order valence-corrected chi connectivity index (χ4v) is 1.86. The van der Waals surface area contributed by atoms with Gasteiger partial charge in [0, 0.05) is 30.8 Å². The summed E-state index contributed by atoms with van der Waals surface area (Å²) in [5, 5.41) is 16.7. The van der Waals surface area contributed by atoms with Crippen molar-refractivity contribution < 1.29 is 4.92 Å². The van der Waals surface area contributed by atoms with Crippen LogP contribution in [0.3, 0.4) is 0 Å². The van der Waals surface area contributed by atoms with Crippen LogP contribution in [0.1, 0.15) is 12.8 Å². The Bertz CT molecular complexity index is 486. The fraction of sp³-hybridized carbons (Fsp3) is 0.300. The minimum absolute atomic E-state index is 0.0211. The molecule has 0 bridgehead atoms. The Balaban J connectivity index is 2.33. The average molecular weight is 234 g/mol. The highest BCUT2D eigenvalue weighted by Gasteiger charge is 2.21. The topological polar surface area (TPSA) is 88.2 Å². The van der Waals surface area contributed by atoms with Crippen molar-refractivity contribution in [2.45, 2.75) is 12.8 Å². The van der Waals surface area contributed by atoms with Crippen LogP contribution in [0.2, 0.25) is 0 Å². The van der Waals surface area contributed by atoms with Crippen molar-refractivity contribution in [3.8, 4) is 0 Å². The molecule has 88 valence electrons. The molecule has 1 fully saturated rings. The van der Waals surface area contributed by atoms with Crippen molar-refractivity contribution in [2.24, 2.45) is 10.4 Å². The van der Waals surface area contributed by atoms with Crippen LogP contribution < -0.4 is 4.90 Å². The van der Waals surface area contributed by atoms with E-state index >= 15 is 0 Å². The van der Waals surface area contributed by atoms with Crippen LogP contribution in [0.5, 0.6) is 0 Å². The number of nitrogens with zero attached hydrogens (tertiary/aromatic N) is 4. The Labute approximate surface area is 96.9 Å². The second kappa shape index (κ2) is 4.69. The summed E-state index contributed by atoms with van der Waals surface area (Å²) in [5.41, 5.74) is 0.687. The number of anilines is 1. The molecule has 0 spiro atoms. The molecule has 1 aromatic rings. The van der Waals surface area contributed by atoms with Crippen LogP contribution in [0.15, 0.2) is 34.7 Å². The van der Waals surface area contributed by atoms with E-state index in [1.807, 2.05) is 0 Å². The Morgan fingerprint density at radius 3 is 2.94 bits per heavy atom. The lowest BCUT2D eigenvalue weighted by Gasteiger charge is -2.17. The first-order valence-electron chi connectivity index (χ1n) is 5.13. The summed E-state index contributed by atoms with van der Waals surface area (Å²) in [5.74, 6) is 0.556. The molecule has 1 saturated heterocycles. The van der Waals surface area contributed by atoms with Gasteiger partial charge in [-0.15, -0.1) is 4.91 Å². The Hall–Kier alpha value is -2.31.